The van der Waals surface area contributed by atoms with Gasteiger partial charge in [-0.3, -0.25) is 67.1 Å². The zero-order chi connectivity index (χ0) is 109. The third kappa shape index (κ3) is 34.7. The van der Waals surface area contributed by atoms with Crippen LogP contribution in [0.3, 0.4) is 0 Å². The van der Waals surface area contributed by atoms with E-state index in [4.69, 9.17) is 4.74 Å². The number of rotatable bonds is 37. The van der Waals surface area contributed by atoms with Gasteiger partial charge in [0.25, 0.3) is 0 Å². The number of hydrogen-bond donors (Lipinski definition) is 24. The minimum absolute atomic E-state index is 0.0163. The standard InChI is InChI=1S/C54H83N5O16.C51H73N5O17/c1-5-6-7-8-9-10-11-12-13-14-15-16-17-18-19-20-37(63)25-35-26-42(66)51(72)57-52(73)45-46(67)31(2)29-59(45)54(75)44(33(4)61)56-50(71)39(48(69)47(68)34-21-23-36(62)24-22-34)28-41(65)40-27-38(64)30-58(40)53(74)43(32(3)60)55-49(35)70;1-5-6-7-8-9-10-19-73-34-17-13-29(14-18-34)37(61)20-31-21-39(63)48(69)54-49(70)42-43(64)26(2)24-56(42)51(72)41(28(4)58)53-47(68)35(45(66)44(65)30-11-15-32(59)16-12-30)23-38(62)36-22-33(60)25-55(36)50(71)40(27(3)57)52-46(31)67/h9-10,12-13,21-24,31-33,35,38-40,42-48,51,60-62,64,66-69,72H,5-8,11,14-20,25-30H2,1-4H3,(H,55,70)(H,56,71)(H,57,73);11-18,26-28,31,33,35-36,39-45,48,57-60,63-66,69H,5-10,19-25H2,1-4H3,(H,52,67)(H,53,68)(H,54,70)/b10-9-,13-12-;/t31-,32+,33+,35-,38+,39-,40-,42+,43-,44-,45-,46-,47-,48-,51+;26-,27+,28+,31-,33+,35-,36-,39+,40-,41-,42-,43-,44-,45-,48+/m00/s1. The molecule has 0 spiro atoms. The van der Waals surface area contributed by atoms with Crippen molar-refractivity contribution in [3.05, 3.63) is 114 Å². The average Bonchev–Trinajstić information content (AvgIpc) is 1.67. The molecule has 6 fully saturated rings. The van der Waals surface area contributed by atoms with Gasteiger partial charge in [-0.2, -0.15) is 0 Å². The van der Waals surface area contributed by atoms with Gasteiger partial charge in [0.2, 0.25) is 59.1 Å². The summed E-state index contributed by atoms with van der Waals surface area (Å²) in [7, 11) is 0. The number of hydrogen-bond acceptors (Lipinski definition) is 33. The van der Waals surface area contributed by atoms with Crippen LogP contribution in [-0.4, -0.2) is 361 Å². The van der Waals surface area contributed by atoms with E-state index < -0.39 is 328 Å². The number of ether oxygens (including phenoxy) is 1. The number of carbonyl (C=O) groups excluding carboxylic acids is 14. The largest absolute Gasteiger partial charge is 0.508 e. The highest BCUT2D eigenvalue weighted by molar-refractivity contribution is 6.02. The molecular weight excluding hydrogens is 1930 g/mol. The molecule has 3 aromatic rings. The molecule has 30 atom stereocenters. The minimum Gasteiger partial charge on any atom is -0.508 e. The van der Waals surface area contributed by atoms with Crippen molar-refractivity contribution in [3.8, 4) is 17.2 Å². The Morgan fingerprint density at radius 1 is 0.399 bits per heavy atom. The monoisotopic (exact) mass is 2090 g/mol. The van der Waals surface area contributed by atoms with Gasteiger partial charge in [-0.05, 0) is 145 Å². The molecule has 6 saturated heterocycles. The number of fused-ring (bicyclic) bond motifs is 4. The van der Waals surface area contributed by atoms with Crippen molar-refractivity contribution < 1.29 is 164 Å². The Hall–Kier alpha value is -10.7. The van der Waals surface area contributed by atoms with Gasteiger partial charge in [0.15, 0.2) is 29.8 Å². The van der Waals surface area contributed by atoms with Crippen LogP contribution in [0.2, 0.25) is 0 Å². The number of nitrogens with zero attached hydrogens (tertiary/aromatic N) is 4. The van der Waals surface area contributed by atoms with Gasteiger partial charge in [-0.15, -0.1) is 0 Å². The molecule has 0 saturated carbocycles. The van der Waals surface area contributed by atoms with E-state index in [-0.39, 0.29) is 47.7 Å². The fraction of sp³-hybridized carbons (Fsp3) is 0.657. The molecule has 824 valence electrons. The van der Waals surface area contributed by atoms with Crippen molar-refractivity contribution in [2.24, 2.45) is 35.5 Å². The van der Waals surface area contributed by atoms with Gasteiger partial charge in [0, 0.05) is 100 Å². The van der Waals surface area contributed by atoms with Crippen molar-refractivity contribution in [2.75, 3.05) is 32.8 Å². The van der Waals surface area contributed by atoms with Gasteiger partial charge in [0.1, 0.15) is 71.5 Å². The highest BCUT2D eigenvalue weighted by Gasteiger charge is 2.54. The molecule has 9 rings (SSSR count). The van der Waals surface area contributed by atoms with Crippen LogP contribution in [0.1, 0.15) is 256 Å². The molecule has 6 aliphatic rings. The number of phenols is 2. The number of nitrogens with one attached hydrogen (secondary N) is 6. The Morgan fingerprint density at radius 2 is 0.750 bits per heavy atom. The van der Waals surface area contributed by atoms with Crippen molar-refractivity contribution in [3.63, 3.8) is 0 Å². The third-order valence-electron chi connectivity index (χ3n) is 28.4. The van der Waals surface area contributed by atoms with Gasteiger partial charge < -0.3 is 148 Å². The fourth-order valence-electron chi connectivity index (χ4n) is 19.5. The molecule has 6 aliphatic heterocycles. The molecule has 0 aliphatic carbocycles. The number of ketones is 4. The van der Waals surface area contributed by atoms with Crippen LogP contribution in [0, 0.1) is 35.5 Å². The lowest BCUT2D eigenvalue weighted by molar-refractivity contribution is -0.149. The first kappa shape index (κ1) is 122. The Morgan fingerprint density at radius 3 is 1.15 bits per heavy atom. The van der Waals surface area contributed by atoms with Gasteiger partial charge in [-0.25, -0.2) is 0 Å². The van der Waals surface area contributed by atoms with Crippen molar-refractivity contribution in [1.82, 2.24) is 51.5 Å². The number of allylic oxidation sites excluding steroid dienone is 4. The molecule has 0 unspecified atom stereocenters. The summed E-state index contributed by atoms with van der Waals surface area (Å²) in [6.07, 6.45) is -9.19. The lowest BCUT2D eigenvalue weighted by atomic mass is 9.86. The Kier molecular flexibility index (Phi) is 49.0. The van der Waals surface area contributed by atoms with Crippen LogP contribution in [0.5, 0.6) is 17.2 Å². The molecular formula is C105H156N10O33. The minimum atomic E-state index is -2.23. The quantitative estimate of drug-likeness (QED) is 0.0204. The fourth-order valence-corrected chi connectivity index (χ4v) is 19.5. The van der Waals surface area contributed by atoms with Crippen LogP contribution in [0.15, 0.2) is 97.1 Å². The maximum atomic E-state index is 14.4. The van der Waals surface area contributed by atoms with Gasteiger partial charge in [0.05, 0.1) is 104 Å². The summed E-state index contributed by atoms with van der Waals surface area (Å²) in [5.41, 5.74) is 0.0809. The molecule has 43 nitrogen and oxygen atoms in total. The molecule has 0 bridgehead atoms. The zero-order valence-corrected chi connectivity index (χ0v) is 85.4. The molecule has 10 amide bonds. The zero-order valence-electron chi connectivity index (χ0n) is 85.4. The van der Waals surface area contributed by atoms with Crippen molar-refractivity contribution in [1.29, 1.82) is 0 Å². The number of phenolic OH excluding ortho intramolecular Hbond substituents is 2. The second kappa shape index (κ2) is 59.2. The number of amides is 10. The van der Waals surface area contributed by atoms with Crippen LogP contribution < -0.4 is 36.6 Å². The van der Waals surface area contributed by atoms with Crippen LogP contribution in [0.4, 0.5) is 0 Å². The summed E-state index contributed by atoms with van der Waals surface area (Å²) in [6.45, 7) is 10.6. The molecule has 0 radical (unpaired) electrons. The van der Waals surface area contributed by atoms with E-state index in [2.05, 4.69) is 70.1 Å². The van der Waals surface area contributed by atoms with E-state index in [9.17, 15) is 159 Å². The van der Waals surface area contributed by atoms with E-state index in [1.807, 2.05) is 0 Å². The highest BCUT2D eigenvalue weighted by atomic mass is 16.5. The smallest absolute Gasteiger partial charge is 0.248 e. The van der Waals surface area contributed by atoms with Crippen LogP contribution in [0.25, 0.3) is 0 Å². The van der Waals surface area contributed by atoms with E-state index in [0.29, 0.717) is 25.2 Å². The number of aliphatic hydroxyl groups is 16. The summed E-state index contributed by atoms with van der Waals surface area (Å²) >= 11 is 0. The van der Waals surface area contributed by atoms with Gasteiger partial charge >= 0.3 is 0 Å². The first-order valence-electron chi connectivity index (χ1n) is 51.8. The number of carbonyl (C=O) groups is 14. The Bertz CT molecular complexity index is 4910. The van der Waals surface area contributed by atoms with Crippen molar-refractivity contribution >= 4 is 82.2 Å². The Balaban J connectivity index is 0.000000361. The molecule has 6 heterocycles. The molecule has 148 heavy (non-hydrogen) atoms. The van der Waals surface area contributed by atoms with Gasteiger partial charge in [-0.1, -0.05) is 140 Å². The molecule has 24 N–H and O–H groups in total. The van der Waals surface area contributed by atoms with E-state index in [1.54, 1.807) is 12.1 Å². The molecule has 43 heteroatoms. The second-order valence-corrected chi connectivity index (χ2v) is 40.5. The highest BCUT2D eigenvalue weighted by Crippen LogP contribution is 2.36. The summed E-state index contributed by atoms with van der Waals surface area (Å²) in [5, 5.41) is 213. The normalized spacial score (nSPS) is 29.6. The summed E-state index contributed by atoms with van der Waals surface area (Å²) in [4.78, 5) is 202. The number of aliphatic hydroxyl groups excluding tert-OH is 16. The second-order valence-electron chi connectivity index (χ2n) is 40.5. The number of Topliss-reactive ketones (excluding diaryl/α,β-unsaturated/α-hetero) is 4. The summed E-state index contributed by atoms with van der Waals surface area (Å²) in [5.74, 6) is -23.0. The van der Waals surface area contributed by atoms with E-state index >= 15 is 0 Å². The SMILES string of the molecule is CCCCC/C=C\C/C=C\CCCCCCCC(=O)C[C@H]1C[C@@H](O)[C@@H](O)NC(=O)[C@@H]2[C@@H](O)[C@@H](C)CN2C(=O)[C@H]([C@@H](C)O)NC(=O)[C@H]([C@H](O)[C@@H](O)c2ccc(O)cc2)CC(=O)[C@@H]2C[C@@H](O)CN2C(=O)[C@H]([C@@H](C)O)NC1=O.CCCCCCCCOc1ccc(C(=O)C[C@H]2C[C@@H](O)[C@@H](O)NC(=O)[C@@H]3[C@@H](O)[C@@H](C)CN3C(=O)[C@H]([C@@H](C)O)NC(=O)[C@H]([C@H](O)[C@@H](O)c3ccc(O)cc3)CC(=O)[C@@H]3C[C@@H](O)CN3C(=O)[C@H]([C@@H](C)O)NC2=O)cc1. The lowest BCUT2D eigenvalue weighted by Gasteiger charge is -2.33. The average molecular weight is 2090 g/mol. The maximum Gasteiger partial charge on any atom is 0.248 e. The topological polar surface area (TPSA) is 697 Å². The first-order chi connectivity index (χ1) is 70.1. The number of aromatic hydroxyl groups is 2. The summed E-state index contributed by atoms with van der Waals surface area (Å²) < 4.78 is 5.83. The third-order valence-corrected chi connectivity index (χ3v) is 28.4. The molecule has 3 aromatic carbocycles. The predicted octanol–water partition coefficient (Wildman–Crippen LogP) is -0.0588. The number of benzene rings is 3. The van der Waals surface area contributed by atoms with Crippen LogP contribution >= 0.6 is 0 Å². The van der Waals surface area contributed by atoms with E-state index in [0.717, 1.165) is 124 Å². The van der Waals surface area contributed by atoms with Crippen molar-refractivity contribution in [2.45, 2.75) is 369 Å². The summed E-state index contributed by atoms with van der Waals surface area (Å²) in [6, 6.07) is 1.44. The molecule has 0 aromatic heterocycles. The van der Waals surface area contributed by atoms with Crippen LogP contribution in [-0.2, 0) is 62.3 Å². The Labute approximate surface area is 861 Å². The maximum absolute atomic E-state index is 14.4. The first-order valence-corrected chi connectivity index (χ1v) is 51.8. The predicted molar refractivity (Wildman–Crippen MR) is 532 cm³/mol. The lowest BCUT2D eigenvalue weighted by Crippen LogP contribution is -2.60. The van der Waals surface area contributed by atoms with E-state index in [1.165, 1.54) is 93.8 Å². The number of unbranched alkanes of at least 4 members (excludes halogenated alkanes) is 13.